The van der Waals surface area contributed by atoms with Crippen LogP contribution in [0.5, 0.6) is 0 Å². The van der Waals surface area contributed by atoms with Gasteiger partial charge in [-0.05, 0) is 24.1 Å². The average molecular weight is 229 g/mol. The second-order valence-corrected chi connectivity index (χ2v) is 3.67. The summed E-state index contributed by atoms with van der Waals surface area (Å²) in [5, 5.41) is 10.1. The molecule has 0 aromatic heterocycles. The Kier molecular flexibility index (Phi) is 4.12. The number of hydrogen-bond donors (Lipinski definition) is 1. The van der Waals surface area contributed by atoms with Gasteiger partial charge in [-0.15, -0.1) is 0 Å². The first kappa shape index (κ1) is 12.0. The minimum Gasteiger partial charge on any atom is -0.467 e. The van der Waals surface area contributed by atoms with Gasteiger partial charge in [0.05, 0.1) is 7.11 Å². The molecule has 82 valence electrons. The van der Waals surface area contributed by atoms with Crippen LogP contribution >= 0.6 is 11.6 Å². The van der Waals surface area contributed by atoms with Crippen molar-refractivity contribution in [2.75, 3.05) is 7.11 Å². The van der Waals surface area contributed by atoms with Crippen molar-refractivity contribution < 1.29 is 14.6 Å². The molecule has 0 aliphatic heterocycles. The van der Waals surface area contributed by atoms with Crippen molar-refractivity contribution in [3.8, 4) is 0 Å². The maximum atomic E-state index is 11.0. The third kappa shape index (κ3) is 2.94. The van der Waals surface area contributed by atoms with Crippen LogP contribution in [0.25, 0.3) is 0 Å². The number of carbonyl (C=O) groups excluding carboxylic acids is 1. The van der Waals surface area contributed by atoms with Crippen LogP contribution in [0.1, 0.15) is 11.1 Å². The van der Waals surface area contributed by atoms with Gasteiger partial charge in [-0.3, -0.25) is 0 Å². The fourth-order valence-corrected chi connectivity index (χ4v) is 1.50. The fourth-order valence-electron chi connectivity index (χ4n) is 1.30. The quantitative estimate of drug-likeness (QED) is 0.802. The van der Waals surface area contributed by atoms with Crippen molar-refractivity contribution in [3.63, 3.8) is 0 Å². The third-order valence-corrected chi connectivity index (χ3v) is 2.68. The highest BCUT2D eigenvalue weighted by molar-refractivity contribution is 6.31. The number of aliphatic hydroxyl groups excluding tert-OH is 1. The molecular formula is C11H13ClO3. The Labute approximate surface area is 93.6 Å². The van der Waals surface area contributed by atoms with E-state index in [2.05, 4.69) is 4.74 Å². The second kappa shape index (κ2) is 5.14. The number of methoxy groups -OCH3 is 1. The summed E-state index contributed by atoms with van der Waals surface area (Å²) in [5.41, 5.74) is 1.72. The number of ether oxygens (including phenoxy) is 1. The van der Waals surface area contributed by atoms with Crippen molar-refractivity contribution >= 4 is 17.6 Å². The van der Waals surface area contributed by atoms with Gasteiger partial charge in [0.25, 0.3) is 0 Å². The van der Waals surface area contributed by atoms with Crippen molar-refractivity contribution in [1.29, 1.82) is 0 Å². The van der Waals surface area contributed by atoms with Gasteiger partial charge in [0, 0.05) is 11.4 Å². The maximum Gasteiger partial charge on any atom is 0.335 e. The Morgan fingerprint density at radius 1 is 1.60 bits per heavy atom. The highest BCUT2D eigenvalue weighted by Gasteiger charge is 2.17. The zero-order valence-electron chi connectivity index (χ0n) is 8.66. The summed E-state index contributed by atoms with van der Waals surface area (Å²) in [4.78, 5) is 11.0. The van der Waals surface area contributed by atoms with E-state index in [0.717, 1.165) is 11.1 Å². The lowest BCUT2D eigenvalue weighted by Gasteiger charge is -2.11. The molecule has 4 heteroatoms. The molecular weight excluding hydrogens is 216 g/mol. The molecule has 1 aromatic carbocycles. The van der Waals surface area contributed by atoms with Gasteiger partial charge in [0.2, 0.25) is 0 Å². The predicted molar refractivity (Wildman–Crippen MR) is 57.9 cm³/mol. The Morgan fingerprint density at radius 2 is 2.27 bits per heavy atom. The van der Waals surface area contributed by atoms with E-state index in [4.69, 9.17) is 11.6 Å². The first-order valence-electron chi connectivity index (χ1n) is 4.56. The van der Waals surface area contributed by atoms with E-state index >= 15 is 0 Å². The van der Waals surface area contributed by atoms with E-state index in [1.807, 2.05) is 13.0 Å². The van der Waals surface area contributed by atoms with Crippen LogP contribution in [0.2, 0.25) is 5.02 Å². The molecule has 0 amide bonds. The van der Waals surface area contributed by atoms with Gasteiger partial charge in [-0.1, -0.05) is 23.7 Å². The van der Waals surface area contributed by atoms with Crippen LogP contribution in [0, 0.1) is 6.92 Å². The van der Waals surface area contributed by atoms with Gasteiger partial charge in [-0.2, -0.15) is 0 Å². The Balaban J connectivity index is 2.81. The van der Waals surface area contributed by atoms with Crippen molar-refractivity contribution in [3.05, 3.63) is 34.3 Å². The van der Waals surface area contributed by atoms with E-state index in [1.54, 1.807) is 12.1 Å². The fraction of sp³-hybridized carbons (Fsp3) is 0.364. The number of halogens is 1. The maximum absolute atomic E-state index is 11.0. The van der Waals surface area contributed by atoms with Crippen LogP contribution in [0.4, 0.5) is 0 Å². The lowest BCUT2D eigenvalue weighted by molar-refractivity contribution is -0.150. The van der Waals surface area contributed by atoms with Gasteiger partial charge < -0.3 is 9.84 Å². The summed E-state index contributed by atoms with van der Waals surface area (Å²) in [7, 11) is 1.25. The van der Waals surface area contributed by atoms with Crippen LogP contribution in [0.3, 0.4) is 0 Å². The molecule has 1 atom stereocenters. The Morgan fingerprint density at radius 3 is 2.87 bits per heavy atom. The molecule has 0 radical (unpaired) electrons. The van der Waals surface area contributed by atoms with Crippen molar-refractivity contribution in [1.82, 2.24) is 0 Å². The molecule has 3 nitrogen and oxygen atoms in total. The summed E-state index contributed by atoms with van der Waals surface area (Å²) in [6, 6.07) is 5.38. The molecule has 15 heavy (non-hydrogen) atoms. The Hall–Kier alpha value is -1.06. The number of esters is 1. The topological polar surface area (TPSA) is 46.5 Å². The smallest absolute Gasteiger partial charge is 0.335 e. The second-order valence-electron chi connectivity index (χ2n) is 3.27. The average Bonchev–Trinajstić information content (AvgIpc) is 2.23. The molecule has 0 heterocycles. The number of rotatable bonds is 3. The first-order chi connectivity index (χ1) is 7.06. The molecule has 0 aliphatic rings. The summed E-state index contributed by atoms with van der Waals surface area (Å²) in [5.74, 6) is -0.630. The number of benzene rings is 1. The van der Waals surface area contributed by atoms with E-state index in [9.17, 15) is 9.90 Å². The molecule has 0 saturated carbocycles. The lowest BCUT2D eigenvalue weighted by Crippen LogP contribution is -2.24. The number of aliphatic hydroxyl groups is 1. The number of hydrogen-bond acceptors (Lipinski definition) is 3. The van der Waals surface area contributed by atoms with Crippen LogP contribution < -0.4 is 0 Å². The largest absolute Gasteiger partial charge is 0.467 e. The van der Waals surface area contributed by atoms with E-state index < -0.39 is 12.1 Å². The summed E-state index contributed by atoms with van der Waals surface area (Å²) < 4.78 is 4.43. The highest BCUT2D eigenvalue weighted by Crippen LogP contribution is 2.19. The molecule has 0 fully saturated rings. The summed E-state index contributed by atoms with van der Waals surface area (Å²) >= 11 is 5.91. The van der Waals surface area contributed by atoms with Crippen LogP contribution in [0.15, 0.2) is 18.2 Å². The Bertz CT molecular complexity index is 363. The minimum atomic E-state index is -1.13. The molecule has 1 rings (SSSR count). The summed E-state index contributed by atoms with van der Waals surface area (Å²) in [6.07, 6.45) is -0.911. The normalized spacial score (nSPS) is 12.3. The van der Waals surface area contributed by atoms with Gasteiger partial charge >= 0.3 is 5.97 Å². The first-order valence-corrected chi connectivity index (χ1v) is 4.94. The number of carbonyl (C=O) groups is 1. The predicted octanol–water partition coefficient (Wildman–Crippen LogP) is 1.72. The molecule has 0 spiro atoms. The third-order valence-electron chi connectivity index (χ3n) is 2.27. The van der Waals surface area contributed by atoms with Gasteiger partial charge in [-0.25, -0.2) is 4.79 Å². The SMILES string of the molecule is COC(=O)C(O)Cc1cccc(Cl)c1C. The molecule has 1 unspecified atom stereocenters. The standard InChI is InChI=1S/C11H13ClO3/c1-7-8(4-3-5-9(7)12)6-10(13)11(14)15-2/h3-5,10,13H,6H2,1-2H3. The summed E-state index contributed by atoms with van der Waals surface area (Å²) in [6.45, 7) is 1.85. The molecule has 1 N–H and O–H groups in total. The molecule has 0 aliphatic carbocycles. The zero-order valence-corrected chi connectivity index (χ0v) is 9.41. The molecule has 0 saturated heterocycles. The highest BCUT2D eigenvalue weighted by atomic mass is 35.5. The van der Waals surface area contributed by atoms with Crippen LogP contribution in [-0.2, 0) is 16.0 Å². The molecule has 1 aromatic rings. The van der Waals surface area contributed by atoms with Crippen LogP contribution in [-0.4, -0.2) is 24.3 Å². The van der Waals surface area contributed by atoms with Gasteiger partial charge in [0.1, 0.15) is 0 Å². The lowest BCUT2D eigenvalue weighted by atomic mass is 10.0. The van der Waals surface area contributed by atoms with Crippen molar-refractivity contribution in [2.45, 2.75) is 19.4 Å². The van der Waals surface area contributed by atoms with Crippen molar-refractivity contribution in [2.24, 2.45) is 0 Å². The minimum absolute atomic E-state index is 0.221. The molecule has 0 bridgehead atoms. The van der Waals surface area contributed by atoms with E-state index in [-0.39, 0.29) is 6.42 Å². The monoisotopic (exact) mass is 228 g/mol. The van der Waals surface area contributed by atoms with E-state index in [0.29, 0.717) is 5.02 Å². The van der Waals surface area contributed by atoms with Gasteiger partial charge in [0.15, 0.2) is 6.10 Å². The zero-order chi connectivity index (χ0) is 11.4. The van der Waals surface area contributed by atoms with E-state index in [1.165, 1.54) is 7.11 Å².